The van der Waals surface area contributed by atoms with Gasteiger partial charge in [0.25, 0.3) is 0 Å². The number of hydrogen-bond acceptors (Lipinski definition) is 3. The van der Waals surface area contributed by atoms with Crippen LogP contribution in [0.25, 0.3) is 0 Å². The first-order chi connectivity index (χ1) is 14.3. The van der Waals surface area contributed by atoms with Gasteiger partial charge >= 0.3 is 0 Å². The van der Waals surface area contributed by atoms with Gasteiger partial charge in [-0.05, 0) is 37.0 Å². The molecule has 30 heavy (non-hydrogen) atoms. The highest BCUT2D eigenvalue weighted by molar-refractivity contribution is 9.09. The van der Waals surface area contributed by atoms with E-state index in [4.69, 9.17) is 14.2 Å². The van der Waals surface area contributed by atoms with Gasteiger partial charge in [0.1, 0.15) is 17.2 Å². The Morgan fingerprint density at radius 2 is 0.733 bits per heavy atom. The highest BCUT2D eigenvalue weighted by Crippen LogP contribution is 2.47. The first-order valence-electron chi connectivity index (χ1n) is 11.0. The predicted molar refractivity (Wildman–Crippen MR) is 139 cm³/mol. The Morgan fingerprint density at radius 1 is 0.500 bits per heavy atom. The summed E-state index contributed by atoms with van der Waals surface area (Å²) in [6.07, 6.45) is 3.03. The Morgan fingerprint density at radius 3 is 0.900 bits per heavy atom. The number of rotatable bonds is 15. The molecule has 174 valence electrons. The third kappa shape index (κ3) is 8.90. The molecule has 0 saturated carbocycles. The van der Waals surface area contributed by atoms with Crippen molar-refractivity contribution in [3.8, 4) is 17.2 Å². The van der Waals surface area contributed by atoms with Crippen molar-refractivity contribution in [2.75, 3.05) is 19.8 Å². The van der Waals surface area contributed by atoms with Crippen molar-refractivity contribution in [3.05, 3.63) is 16.7 Å². The minimum absolute atomic E-state index is 0.593. The summed E-state index contributed by atoms with van der Waals surface area (Å²) in [7, 11) is 0. The second-order valence-electron chi connectivity index (χ2n) is 8.92. The van der Waals surface area contributed by atoms with Crippen LogP contribution in [0.15, 0.2) is 0 Å². The van der Waals surface area contributed by atoms with Gasteiger partial charge in [-0.1, -0.05) is 89.3 Å². The summed E-state index contributed by atoms with van der Waals surface area (Å²) in [5, 5.41) is 2.02. The number of benzene rings is 1. The number of hydrogen-bond donors (Lipinski definition) is 0. The lowest BCUT2D eigenvalue weighted by Crippen LogP contribution is -2.13. The fraction of sp³-hybridized carbons (Fsp3) is 0.750. The van der Waals surface area contributed by atoms with E-state index in [1.165, 1.54) is 0 Å². The molecule has 0 heterocycles. The van der Waals surface area contributed by atoms with Crippen LogP contribution in [0, 0.1) is 17.8 Å². The van der Waals surface area contributed by atoms with Gasteiger partial charge in [0.2, 0.25) is 0 Å². The minimum Gasteiger partial charge on any atom is -0.493 e. The first kappa shape index (κ1) is 28.1. The zero-order valence-electron chi connectivity index (χ0n) is 19.5. The van der Waals surface area contributed by atoms with E-state index in [1.54, 1.807) is 0 Å². The van der Waals surface area contributed by atoms with Crippen molar-refractivity contribution in [2.45, 2.75) is 76.8 Å². The monoisotopic (exact) mass is 612 g/mol. The molecule has 3 nitrogen and oxygen atoms in total. The third-order valence-electron chi connectivity index (χ3n) is 4.87. The average molecular weight is 615 g/mol. The zero-order chi connectivity index (χ0) is 22.7. The highest BCUT2D eigenvalue weighted by atomic mass is 79.9. The molecular formula is C24H39Br3O3. The largest absolute Gasteiger partial charge is 0.493 e. The standard InChI is InChI=1S/C24H39Br3O3/c1-16(2)7-10-28-22-19(13-25)23(29-11-8-17(3)4)21(15-27)24(20(22)14-26)30-12-9-18(5)6/h16-18H,7-15H2,1-6H3. The molecule has 1 aromatic rings. The maximum Gasteiger partial charge on any atom is 0.134 e. The SMILES string of the molecule is CC(C)CCOc1c(CBr)c(OCCC(C)C)c(CBr)c(OCCC(C)C)c1CBr. The Balaban J connectivity index is 3.45. The van der Waals surface area contributed by atoms with E-state index in [2.05, 4.69) is 89.3 Å². The van der Waals surface area contributed by atoms with Crippen molar-refractivity contribution in [1.82, 2.24) is 0 Å². The lowest BCUT2D eigenvalue weighted by atomic mass is 10.0. The van der Waals surface area contributed by atoms with E-state index in [0.29, 0.717) is 53.6 Å². The van der Waals surface area contributed by atoms with Gasteiger partial charge < -0.3 is 14.2 Å². The molecule has 0 radical (unpaired) electrons. The lowest BCUT2D eigenvalue weighted by molar-refractivity contribution is 0.255. The molecule has 1 aromatic carbocycles. The molecule has 0 atom stereocenters. The molecule has 0 fully saturated rings. The Bertz CT molecular complexity index is 524. The maximum absolute atomic E-state index is 6.36. The van der Waals surface area contributed by atoms with Crippen molar-refractivity contribution in [1.29, 1.82) is 0 Å². The second kappa shape index (κ2) is 15.0. The topological polar surface area (TPSA) is 27.7 Å². The lowest BCUT2D eigenvalue weighted by Gasteiger charge is -2.25. The van der Waals surface area contributed by atoms with Gasteiger partial charge in [-0.15, -0.1) is 0 Å². The fourth-order valence-corrected chi connectivity index (χ4v) is 4.46. The fourth-order valence-electron chi connectivity index (χ4n) is 2.93. The molecule has 0 aliphatic rings. The van der Waals surface area contributed by atoms with Crippen LogP contribution >= 0.6 is 47.8 Å². The summed E-state index contributed by atoms with van der Waals surface area (Å²) in [6, 6.07) is 0. The Hall–Kier alpha value is 0.0600. The van der Waals surface area contributed by atoms with Gasteiger partial charge in [0, 0.05) is 32.7 Å². The van der Waals surface area contributed by atoms with E-state index in [0.717, 1.165) is 53.2 Å². The van der Waals surface area contributed by atoms with Crippen LogP contribution in [0.5, 0.6) is 17.2 Å². The number of alkyl halides is 3. The Labute approximate surface area is 209 Å². The van der Waals surface area contributed by atoms with Crippen LogP contribution in [0.3, 0.4) is 0 Å². The van der Waals surface area contributed by atoms with Crippen LogP contribution in [-0.4, -0.2) is 19.8 Å². The summed E-state index contributed by atoms with van der Waals surface area (Å²) < 4.78 is 19.1. The van der Waals surface area contributed by atoms with E-state index < -0.39 is 0 Å². The van der Waals surface area contributed by atoms with Crippen molar-refractivity contribution >= 4 is 47.8 Å². The van der Waals surface area contributed by atoms with Crippen molar-refractivity contribution < 1.29 is 14.2 Å². The third-order valence-corrected chi connectivity index (χ3v) is 6.55. The van der Waals surface area contributed by atoms with Crippen LogP contribution in [-0.2, 0) is 16.0 Å². The summed E-state index contributed by atoms with van der Waals surface area (Å²) >= 11 is 11.1. The van der Waals surface area contributed by atoms with E-state index in [1.807, 2.05) is 0 Å². The molecule has 0 spiro atoms. The molecule has 0 amide bonds. The highest BCUT2D eigenvalue weighted by Gasteiger charge is 2.26. The summed E-state index contributed by atoms with van der Waals surface area (Å²) in [6.45, 7) is 15.4. The Kier molecular flexibility index (Phi) is 14.0. The molecule has 0 bridgehead atoms. The van der Waals surface area contributed by atoms with Crippen LogP contribution in [0.4, 0.5) is 0 Å². The molecule has 0 N–H and O–H groups in total. The summed E-state index contributed by atoms with van der Waals surface area (Å²) in [5.74, 6) is 4.47. The van der Waals surface area contributed by atoms with Crippen LogP contribution in [0.1, 0.15) is 77.5 Å². The average Bonchev–Trinajstić information content (AvgIpc) is 2.67. The molecule has 0 saturated heterocycles. The molecule has 6 heteroatoms. The van der Waals surface area contributed by atoms with E-state index in [9.17, 15) is 0 Å². The quantitative estimate of drug-likeness (QED) is 0.185. The zero-order valence-corrected chi connectivity index (χ0v) is 24.2. The smallest absolute Gasteiger partial charge is 0.134 e. The molecular weight excluding hydrogens is 576 g/mol. The summed E-state index contributed by atoms with van der Waals surface area (Å²) in [4.78, 5) is 0. The van der Waals surface area contributed by atoms with Gasteiger partial charge in [-0.25, -0.2) is 0 Å². The number of halogens is 3. The second-order valence-corrected chi connectivity index (χ2v) is 10.6. The molecule has 0 aromatic heterocycles. The van der Waals surface area contributed by atoms with Crippen LogP contribution in [0.2, 0.25) is 0 Å². The molecule has 0 aliphatic heterocycles. The molecule has 0 unspecified atom stereocenters. The van der Waals surface area contributed by atoms with E-state index in [-0.39, 0.29) is 0 Å². The molecule has 1 rings (SSSR count). The first-order valence-corrected chi connectivity index (χ1v) is 14.4. The minimum atomic E-state index is 0.593. The van der Waals surface area contributed by atoms with Gasteiger partial charge in [-0.2, -0.15) is 0 Å². The number of ether oxygens (including phenoxy) is 3. The maximum atomic E-state index is 6.36. The van der Waals surface area contributed by atoms with E-state index >= 15 is 0 Å². The normalized spacial score (nSPS) is 11.6. The van der Waals surface area contributed by atoms with Crippen molar-refractivity contribution in [3.63, 3.8) is 0 Å². The van der Waals surface area contributed by atoms with Gasteiger partial charge in [-0.3, -0.25) is 0 Å². The predicted octanol–water partition coefficient (Wildman–Crippen LogP) is 8.65. The van der Waals surface area contributed by atoms with Gasteiger partial charge in [0.15, 0.2) is 0 Å². The van der Waals surface area contributed by atoms with Crippen LogP contribution < -0.4 is 14.2 Å². The summed E-state index contributed by atoms with van der Waals surface area (Å²) in [5.41, 5.74) is 3.22. The van der Waals surface area contributed by atoms with Crippen molar-refractivity contribution in [2.24, 2.45) is 17.8 Å². The van der Waals surface area contributed by atoms with Gasteiger partial charge in [0.05, 0.1) is 19.8 Å². The molecule has 0 aliphatic carbocycles.